The quantitative estimate of drug-likeness (QED) is 0.510. The van der Waals surface area contributed by atoms with Gasteiger partial charge in [0, 0.05) is 19.1 Å². The molecule has 1 aliphatic rings. The number of piperidine rings is 1. The highest BCUT2D eigenvalue weighted by Crippen LogP contribution is 2.15. The lowest BCUT2D eigenvalue weighted by atomic mass is 10.1. The van der Waals surface area contributed by atoms with E-state index in [1.807, 2.05) is 6.92 Å². The van der Waals surface area contributed by atoms with Crippen molar-refractivity contribution in [1.29, 1.82) is 0 Å². The van der Waals surface area contributed by atoms with E-state index in [9.17, 15) is 13.2 Å². The largest absolute Gasteiger partial charge is 0.368 e. The Morgan fingerprint density at radius 1 is 1.45 bits per heavy atom. The summed E-state index contributed by atoms with van der Waals surface area (Å²) >= 11 is 0. The molecule has 1 atom stereocenters. The van der Waals surface area contributed by atoms with Gasteiger partial charge in [0.25, 0.3) is 0 Å². The summed E-state index contributed by atoms with van der Waals surface area (Å²) in [7, 11) is -3.13. The van der Waals surface area contributed by atoms with E-state index in [0.29, 0.717) is 45.4 Å². The van der Waals surface area contributed by atoms with Gasteiger partial charge in [0.2, 0.25) is 15.9 Å². The summed E-state index contributed by atoms with van der Waals surface area (Å²) in [5.41, 5.74) is 0. The van der Waals surface area contributed by atoms with Gasteiger partial charge in [0.1, 0.15) is 6.10 Å². The van der Waals surface area contributed by atoms with Crippen molar-refractivity contribution in [2.75, 3.05) is 25.4 Å². The fourth-order valence-corrected chi connectivity index (χ4v) is 3.93. The average Bonchev–Trinajstić information content (AvgIpc) is 2.48. The Kier molecular flexibility index (Phi) is 8.06. The molecule has 0 bridgehead atoms. The Hall–Kier alpha value is -0.920. The first-order chi connectivity index (χ1) is 10.4. The highest BCUT2D eigenvalue weighted by atomic mass is 32.2. The maximum absolute atomic E-state index is 12.0. The molecule has 1 rings (SSSR count). The second kappa shape index (κ2) is 9.27. The molecule has 1 amide bonds. The Labute approximate surface area is 133 Å². The molecule has 7 heteroatoms. The Morgan fingerprint density at radius 2 is 2.09 bits per heavy atom. The lowest BCUT2D eigenvalue weighted by molar-refractivity contribution is -0.132. The van der Waals surface area contributed by atoms with Crippen LogP contribution in [0.25, 0.3) is 0 Å². The van der Waals surface area contributed by atoms with Gasteiger partial charge in [-0.05, 0) is 32.6 Å². The maximum Gasteiger partial charge on any atom is 0.249 e. The van der Waals surface area contributed by atoms with E-state index in [1.165, 1.54) is 4.31 Å². The second-order valence-electron chi connectivity index (χ2n) is 5.59. The minimum absolute atomic E-state index is 0.0195. The highest BCUT2D eigenvalue weighted by Gasteiger charge is 2.28. The normalized spacial score (nSPS) is 18.8. The Bertz CT molecular complexity index is 456. The van der Waals surface area contributed by atoms with Crippen LogP contribution in [-0.2, 0) is 19.6 Å². The Balaban J connectivity index is 2.36. The zero-order valence-corrected chi connectivity index (χ0v) is 14.4. The first-order valence-corrected chi connectivity index (χ1v) is 9.52. The number of sulfonamides is 1. The standard InChI is InChI=1S/C15H28N2O4S/c1-4-6-11-21-13(3)15(18)16-14-7-9-17(10-8-14)22(19,20)12-5-2/h4,13-14H,1,5-12H2,2-3H3,(H,16,18). The number of ether oxygens (including phenoxy) is 1. The summed E-state index contributed by atoms with van der Waals surface area (Å²) in [4.78, 5) is 12.0. The summed E-state index contributed by atoms with van der Waals surface area (Å²) in [5, 5.41) is 2.94. The number of carbonyl (C=O) groups excluding carboxylic acids is 1. The van der Waals surface area contributed by atoms with E-state index in [1.54, 1.807) is 13.0 Å². The van der Waals surface area contributed by atoms with Gasteiger partial charge in [0.05, 0.1) is 12.4 Å². The molecular formula is C15H28N2O4S. The van der Waals surface area contributed by atoms with Crippen molar-refractivity contribution < 1.29 is 17.9 Å². The van der Waals surface area contributed by atoms with Gasteiger partial charge in [-0.1, -0.05) is 13.0 Å². The molecule has 0 aromatic rings. The van der Waals surface area contributed by atoms with Gasteiger partial charge in [-0.15, -0.1) is 6.58 Å². The minimum atomic E-state index is -3.13. The number of carbonyl (C=O) groups is 1. The average molecular weight is 332 g/mol. The fraction of sp³-hybridized carbons (Fsp3) is 0.800. The summed E-state index contributed by atoms with van der Waals surface area (Å²) in [6.45, 7) is 8.60. The molecule has 1 aliphatic heterocycles. The van der Waals surface area contributed by atoms with Gasteiger partial charge in [-0.3, -0.25) is 4.79 Å². The zero-order valence-electron chi connectivity index (χ0n) is 13.6. The smallest absolute Gasteiger partial charge is 0.249 e. The molecular weight excluding hydrogens is 304 g/mol. The Morgan fingerprint density at radius 3 is 2.64 bits per heavy atom. The van der Waals surface area contributed by atoms with Crippen molar-refractivity contribution in [3.8, 4) is 0 Å². The SMILES string of the molecule is C=CCCOC(C)C(=O)NC1CCN(S(=O)(=O)CCC)CC1. The molecule has 1 fully saturated rings. The molecule has 0 radical (unpaired) electrons. The van der Waals surface area contributed by atoms with Crippen LogP contribution in [-0.4, -0.2) is 56.2 Å². The van der Waals surface area contributed by atoms with Gasteiger partial charge in [0.15, 0.2) is 0 Å². The van der Waals surface area contributed by atoms with Crippen LogP contribution in [0.4, 0.5) is 0 Å². The van der Waals surface area contributed by atoms with E-state index < -0.39 is 16.1 Å². The van der Waals surface area contributed by atoms with Crippen LogP contribution >= 0.6 is 0 Å². The summed E-state index contributed by atoms with van der Waals surface area (Å²) in [6, 6.07) is 0.0195. The number of hydrogen-bond donors (Lipinski definition) is 1. The number of rotatable bonds is 9. The molecule has 0 saturated carbocycles. The second-order valence-corrected chi connectivity index (χ2v) is 7.68. The molecule has 1 unspecified atom stereocenters. The third-order valence-electron chi connectivity index (χ3n) is 3.71. The van der Waals surface area contributed by atoms with Gasteiger partial charge in [-0.25, -0.2) is 12.7 Å². The van der Waals surface area contributed by atoms with Crippen molar-refractivity contribution >= 4 is 15.9 Å². The van der Waals surface area contributed by atoms with Crippen molar-refractivity contribution in [3.05, 3.63) is 12.7 Å². The van der Waals surface area contributed by atoms with Gasteiger partial charge >= 0.3 is 0 Å². The number of hydrogen-bond acceptors (Lipinski definition) is 4. The molecule has 1 N–H and O–H groups in total. The molecule has 0 aromatic heterocycles. The van der Waals surface area contributed by atoms with E-state index in [0.717, 1.165) is 0 Å². The van der Waals surface area contributed by atoms with E-state index >= 15 is 0 Å². The first kappa shape index (κ1) is 19.1. The monoisotopic (exact) mass is 332 g/mol. The molecule has 0 spiro atoms. The van der Waals surface area contributed by atoms with Crippen LogP contribution < -0.4 is 5.32 Å². The number of amides is 1. The van der Waals surface area contributed by atoms with Crippen LogP contribution in [0.15, 0.2) is 12.7 Å². The first-order valence-electron chi connectivity index (χ1n) is 7.91. The molecule has 0 aliphatic carbocycles. The topological polar surface area (TPSA) is 75.7 Å². The van der Waals surface area contributed by atoms with E-state index in [4.69, 9.17) is 4.74 Å². The predicted octanol–water partition coefficient (Wildman–Crippen LogP) is 1.29. The third-order valence-corrected chi connectivity index (χ3v) is 5.79. The fourth-order valence-electron chi connectivity index (χ4n) is 2.39. The van der Waals surface area contributed by atoms with Crippen molar-refractivity contribution in [2.45, 2.75) is 51.7 Å². The van der Waals surface area contributed by atoms with Crippen molar-refractivity contribution in [1.82, 2.24) is 9.62 Å². The summed E-state index contributed by atoms with van der Waals surface area (Å²) in [5.74, 6) is 0.0528. The predicted molar refractivity (Wildman–Crippen MR) is 87.0 cm³/mol. The van der Waals surface area contributed by atoms with Crippen LogP contribution in [0.2, 0.25) is 0 Å². The van der Waals surface area contributed by atoms with Crippen LogP contribution in [0.5, 0.6) is 0 Å². The number of nitrogens with zero attached hydrogens (tertiary/aromatic N) is 1. The van der Waals surface area contributed by atoms with E-state index in [2.05, 4.69) is 11.9 Å². The summed E-state index contributed by atoms with van der Waals surface area (Å²) < 4.78 is 30.9. The van der Waals surface area contributed by atoms with Crippen molar-refractivity contribution in [2.24, 2.45) is 0 Å². The molecule has 0 aromatic carbocycles. The highest BCUT2D eigenvalue weighted by molar-refractivity contribution is 7.89. The number of nitrogens with one attached hydrogen (secondary N) is 1. The van der Waals surface area contributed by atoms with E-state index in [-0.39, 0.29) is 17.7 Å². The molecule has 1 saturated heterocycles. The van der Waals surface area contributed by atoms with Crippen LogP contribution in [0.1, 0.15) is 39.5 Å². The zero-order chi connectivity index (χ0) is 16.6. The molecule has 1 heterocycles. The third kappa shape index (κ3) is 6.06. The van der Waals surface area contributed by atoms with Crippen LogP contribution in [0, 0.1) is 0 Å². The molecule has 6 nitrogen and oxygen atoms in total. The van der Waals surface area contributed by atoms with Gasteiger partial charge < -0.3 is 10.1 Å². The summed E-state index contributed by atoms with van der Waals surface area (Å²) in [6.07, 6.45) is 3.88. The minimum Gasteiger partial charge on any atom is -0.368 e. The van der Waals surface area contributed by atoms with Crippen molar-refractivity contribution in [3.63, 3.8) is 0 Å². The molecule has 128 valence electrons. The lowest BCUT2D eigenvalue weighted by Gasteiger charge is -2.32. The maximum atomic E-state index is 12.0. The van der Waals surface area contributed by atoms with Crippen LogP contribution in [0.3, 0.4) is 0 Å². The lowest BCUT2D eigenvalue weighted by Crippen LogP contribution is -2.49. The molecule has 22 heavy (non-hydrogen) atoms. The van der Waals surface area contributed by atoms with Gasteiger partial charge in [-0.2, -0.15) is 0 Å².